The van der Waals surface area contributed by atoms with Gasteiger partial charge in [-0.15, -0.1) is 0 Å². The van der Waals surface area contributed by atoms with E-state index in [9.17, 15) is 0 Å². The van der Waals surface area contributed by atoms with Crippen LogP contribution in [-0.2, 0) is 0 Å². The molecule has 0 aliphatic heterocycles. The summed E-state index contributed by atoms with van der Waals surface area (Å²) < 4.78 is 6.95. The van der Waals surface area contributed by atoms with Gasteiger partial charge in [0.25, 0.3) is 0 Å². The molecule has 21 heavy (non-hydrogen) atoms. The first-order valence-corrected chi connectivity index (χ1v) is 8.42. The van der Waals surface area contributed by atoms with Crippen molar-refractivity contribution in [2.45, 2.75) is 24.9 Å². The Labute approximate surface area is 136 Å². The number of halogens is 1. The highest BCUT2D eigenvalue weighted by atomic mass is 79.9. The van der Waals surface area contributed by atoms with Crippen LogP contribution in [0.1, 0.15) is 25.3 Å². The average molecular weight is 369 g/mol. The summed E-state index contributed by atoms with van der Waals surface area (Å²) >= 11 is 4.92. The number of anilines is 1. The lowest BCUT2D eigenvalue weighted by Crippen LogP contribution is -2.09. The molecule has 0 saturated heterocycles. The highest BCUT2D eigenvalue weighted by Gasteiger charge is 2.12. The van der Waals surface area contributed by atoms with Gasteiger partial charge in [0.2, 0.25) is 5.88 Å². The van der Waals surface area contributed by atoms with Crippen LogP contribution in [0.4, 0.5) is 5.82 Å². The molecule has 3 N–H and O–H groups in total. The molecule has 0 unspecified atom stereocenters. The number of nitrogen functional groups attached to an aromatic ring is 1. The summed E-state index contributed by atoms with van der Waals surface area (Å²) in [6.07, 6.45) is 1.90. The summed E-state index contributed by atoms with van der Waals surface area (Å²) in [5.74, 6) is 7.53. The topological polar surface area (TPSA) is 73.1 Å². The van der Waals surface area contributed by atoms with Gasteiger partial charge in [-0.2, -0.15) is 4.98 Å². The second kappa shape index (κ2) is 7.11. The molecule has 1 aromatic carbocycles. The van der Waals surface area contributed by atoms with E-state index in [2.05, 4.69) is 51.2 Å². The Morgan fingerprint density at radius 3 is 2.67 bits per heavy atom. The van der Waals surface area contributed by atoms with Crippen LogP contribution in [0.2, 0.25) is 0 Å². The number of nitrogens with zero attached hydrogens (tertiary/aromatic N) is 2. The van der Waals surface area contributed by atoms with Crippen LogP contribution in [0, 0.1) is 0 Å². The maximum Gasteiger partial charge on any atom is 0.225 e. The summed E-state index contributed by atoms with van der Waals surface area (Å²) in [5.41, 5.74) is 3.63. The van der Waals surface area contributed by atoms with Gasteiger partial charge in [0, 0.05) is 10.5 Å². The minimum atomic E-state index is 0.339. The summed E-state index contributed by atoms with van der Waals surface area (Å²) in [5, 5.41) is 0.601. The van der Waals surface area contributed by atoms with E-state index in [-0.39, 0.29) is 0 Å². The van der Waals surface area contributed by atoms with Crippen LogP contribution in [0.5, 0.6) is 11.6 Å². The third-order valence-electron chi connectivity index (χ3n) is 2.82. The number of aromatic nitrogens is 2. The highest BCUT2D eigenvalue weighted by molar-refractivity contribution is 9.10. The van der Waals surface area contributed by atoms with Crippen LogP contribution in [0.15, 0.2) is 33.9 Å². The largest absolute Gasteiger partial charge is 0.439 e. The van der Waals surface area contributed by atoms with Gasteiger partial charge in [-0.3, -0.25) is 0 Å². The first-order chi connectivity index (χ1) is 10.0. The molecular formula is C14H17BrN4OS. The van der Waals surface area contributed by atoms with Gasteiger partial charge in [-0.1, -0.05) is 41.5 Å². The minimum Gasteiger partial charge on any atom is -0.439 e. The summed E-state index contributed by atoms with van der Waals surface area (Å²) in [6, 6.07) is 7.60. The van der Waals surface area contributed by atoms with Gasteiger partial charge in [-0.05, 0) is 35.9 Å². The SMILES string of the molecule is CSc1nc(NN)cc(Oc2ccc(Br)cc2C(C)C)n1. The monoisotopic (exact) mass is 368 g/mol. The third-order valence-corrected chi connectivity index (χ3v) is 3.86. The van der Waals surface area contributed by atoms with Gasteiger partial charge in [0.15, 0.2) is 5.16 Å². The van der Waals surface area contributed by atoms with Crippen molar-refractivity contribution < 1.29 is 4.74 Å². The van der Waals surface area contributed by atoms with Crippen molar-refractivity contribution in [3.63, 3.8) is 0 Å². The van der Waals surface area contributed by atoms with Gasteiger partial charge in [0.1, 0.15) is 11.6 Å². The first kappa shape index (κ1) is 16.1. The molecule has 2 rings (SSSR count). The third kappa shape index (κ3) is 4.09. The fraction of sp³-hybridized carbons (Fsp3) is 0.286. The van der Waals surface area contributed by atoms with Crippen molar-refractivity contribution in [1.29, 1.82) is 0 Å². The molecular weight excluding hydrogens is 352 g/mol. The summed E-state index contributed by atoms with van der Waals surface area (Å²) in [7, 11) is 0. The second-order valence-corrected chi connectivity index (χ2v) is 6.35. The molecule has 7 heteroatoms. The molecule has 0 amide bonds. The first-order valence-electron chi connectivity index (χ1n) is 6.40. The normalized spacial score (nSPS) is 10.8. The van der Waals surface area contributed by atoms with E-state index in [1.165, 1.54) is 11.8 Å². The zero-order valence-corrected chi connectivity index (χ0v) is 14.5. The lowest BCUT2D eigenvalue weighted by atomic mass is 10.0. The Morgan fingerprint density at radius 2 is 2.05 bits per heavy atom. The Kier molecular flexibility index (Phi) is 5.44. The molecule has 112 valence electrons. The summed E-state index contributed by atoms with van der Waals surface area (Å²) in [4.78, 5) is 8.55. The lowest BCUT2D eigenvalue weighted by molar-refractivity contribution is 0.448. The van der Waals surface area contributed by atoms with E-state index >= 15 is 0 Å². The number of hydrazine groups is 1. The second-order valence-electron chi connectivity index (χ2n) is 4.66. The number of rotatable bonds is 5. The van der Waals surface area contributed by atoms with E-state index in [1.54, 1.807) is 6.07 Å². The standard InChI is InChI=1S/C14H17BrN4OS/c1-8(2)10-6-9(15)4-5-11(10)20-13-7-12(19-16)17-14(18-13)21-3/h4-8H,16H2,1-3H3,(H,17,18,19). The predicted molar refractivity (Wildman–Crippen MR) is 89.9 cm³/mol. The maximum atomic E-state index is 5.93. The van der Waals surface area contributed by atoms with Crippen LogP contribution in [0.3, 0.4) is 0 Å². The fourth-order valence-corrected chi connectivity index (χ4v) is 2.55. The maximum absolute atomic E-state index is 5.93. The molecule has 1 aromatic heterocycles. The van der Waals surface area contributed by atoms with Crippen LogP contribution in [0.25, 0.3) is 0 Å². The molecule has 0 radical (unpaired) electrons. The van der Waals surface area contributed by atoms with Gasteiger partial charge in [0.05, 0.1) is 0 Å². The molecule has 0 spiro atoms. The van der Waals surface area contributed by atoms with E-state index in [4.69, 9.17) is 10.6 Å². The van der Waals surface area contributed by atoms with Crippen LogP contribution < -0.4 is 16.0 Å². The molecule has 0 saturated carbocycles. The Hall–Kier alpha value is -1.31. The predicted octanol–water partition coefficient (Wildman–Crippen LogP) is 4.16. The minimum absolute atomic E-state index is 0.339. The van der Waals surface area contributed by atoms with Crippen molar-refractivity contribution >= 4 is 33.5 Å². The Morgan fingerprint density at radius 1 is 1.29 bits per heavy atom. The fourth-order valence-electron chi connectivity index (χ4n) is 1.80. The number of nitrogens with two attached hydrogens (primary N) is 1. The van der Waals surface area contributed by atoms with Crippen molar-refractivity contribution in [2.75, 3.05) is 11.7 Å². The molecule has 1 heterocycles. The van der Waals surface area contributed by atoms with Crippen LogP contribution in [-0.4, -0.2) is 16.2 Å². The summed E-state index contributed by atoms with van der Waals surface area (Å²) in [6.45, 7) is 4.24. The van der Waals surface area contributed by atoms with E-state index in [0.717, 1.165) is 15.8 Å². The molecule has 2 aromatic rings. The quantitative estimate of drug-likeness (QED) is 0.357. The molecule has 0 bridgehead atoms. The number of hydrogen-bond acceptors (Lipinski definition) is 6. The lowest BCUT2D eigenvalue weighted by Gasteiger charge is -2.14. The molecule has 0 atom stereocenters. The Bertz CT molecular complexity index is 614. The molecule has 0 fully saturated rings. The Balaban J connectivity index is 2.38. The number of hydrogen-bond donors (Lipinski definition) is 2. The van der Waals surface area contributed by atoms with Gasteiger partial charge in [-0.25, -0.2) is 10.8 Å². The van der Waals surface area contributed by atoms with Crippen molar-refractivity contribution in [3.05, 3.63) is 34.3 Å². The molecule has 0 aliphatic carbocycles. The van der Waals surface area contributed by atoms with Crippen LogP contribution >= 0.6 is 27.7 Å². The van der Waals surface area contributed by atoms with Gasteiger partial charge < -0.3 is 10.2 Å². The molecule has 5 nitrogen and oxygen atoms in total. The number of benzene rings is 1. The average Bonchev–Trinajstić information content (AvgIpc) is 2.48. The van der Waals surface area contributed by atoms with Crippen molar-refractivity contribution in [1.82, 2.24) is 9.97 Å². The van der Waals surface area contributed by atoms with Crippen molar-refractivity contribution in [3.8, 4) is 11.6 Å². The highest BCUT2D eigenvalue weighted by Crippen LogP contribution is 2.33. The number of thioether (sulfide) groups is 1. The van der Waals surface area contributed by atoms with E-state index in [0.29, 0.717) is 22.8 Å². The number of nitrogens with one attached hydrogen (secondary N) is 1. The number of ether oxygens (including phenoxy) is 1. The van der Waals surface area contributed by atoms with E-state index < -0.39 is 0 Å². The zero-order valence-electron chi connectivity index (χ0n) is 12.1. The zero-order chi connectivity index (χ0) is 15.4. The smallest absolute Gasteiger partial charge is 0.225 e. The van der Waals surface area contributed by atoms with Gasteiger partial charge >= 0.3 is 0 Å². The molecule has 0 aliphatic rings. The van der Waals surface area contributed by atoms with Crippen molar-refractivity contribution in [2.24, 2.45) is 5.84 Å². The van der Waals surface area contributed by atoms with E-state index in [1.807, 2.05) is 18.4 Å².